The molecule has 4 rings (SSSR count). The number of para-hydroxylation sites is 1. The summed E-state index contributed by atoms with van der Waals surface area (Å²) in [6.45, 7) is 5.44. The molecule has 0 bridgehead atoms. The number of aromatic nitrogens is 4. The molecular weight excluding hydrogens is 414 g/mol. The van der Waals surface area contributed by atoms with E-state index >= 15 is 0 Å². The number of thioether (sulfide) groups is 1. The minimum atomic E-state index is -0.0904. The molecule has 0 atom stereocenters. The summed E-state index contributed by atoms with van der Waals surface area (Å²) in [5.74, 6) is 0.529. The number of hydrogen-bond acceptors (Lipinski definition) is 5. The fourth-order valence-electron chi connectivity index (χ4n) is 3.57. The summed E-state index contributed by atoms with van der Waals surface area (Å²) in [4.78, 5) is 16.4. The van der Waals surface area contributed by atoms with Gasteiger partial charge in [-0.25, -0.2) is 4.68 Å². The maximum Gasteiger partial charge on any atom is 0.263 e. The Hall–Kier alpha value is -2.68. The topological polar surface area (TPSA) is 47.5 Å². The Morgan fingerprint density at radius 3 is 2.63 bits per heavy atom. The number of benzene rings is 2. The third-order valence-electron chi connectivity index (χ3n) is 4.98. The molecule has 2 aromatic carbocycles. The maximum absolute atomic E-state index is 13.0. The number of fused-ring (bicyclic) bond motifs is 3. The van der Waals surface area contributed by atoms with Gasteiger partial charge in [-0.05, 0) is 55.4 Å². The molecule has 8 heteroatoms. The van der Waals surface area contributed by atoms with Crippen molar-refractivity contribution < 1.29 is 0 Å². The van der Waals surface area contributed by atoms with Crippen LogP contribution in [0.3, 0.4) is 0 Å². The highest BCUT2D eigenvalue weighted by atomic mass is 32.2. The largest absolute Gasteiger partial charge is 0.283 e. The quantitative estimate of drug-likeness (QED) is 0.247. The summed E-state index contributed by atoms with van der Waals surface area (Å²) in [7, 11) is 2.03. The van der Waals surface area contributed by atoms with Crippen LogP contribution < -0.4 is 5.56 Å². The lowest BCUT2D eigenvalue weighted by Crippen LogP contribution is -2.23. The molecule has 2 heterocycles. The van der Waals surface area contributed by atoms with Crippen molar-refractivity contribution in [3.05, 3.63) is 81.9 Å². The summed E-state index contributed by atoms with van der Waals surface area (Å²) in [5.41, 5.74) is 1.90. The van der Waals surface area contributed by atoms with Gasteiger partial charge in [-0.1, -0.05) is 30.3 Å². The number of allylic oxidation sites excluding steroid dienone is 1. The Kier molecular flexibility index (Phi) is 5.90. The average Bonchev–Trinajstić information content (AvgIpc) is 3.07. The second kappa shape index (κ2) is 8.59. The summed E-state index contributed by atoms with van der Waals surface area (Å²) in [6, 6.07) is 16.0. The minimum absolute atomic E-state index is 0.0904. The smallest absolute Gasteiger partial charge is 0.263 e. The van der Waals surface area contributed by atoms with Crippen molar-refractivity contribution in [3.63, 3.8) is 0 Å². The van der Waals surface area contributed by atoms with Gasteiger partial charge in [-0.3, -0.25) is 18.7 Å². The molecule has 0 radical (unpaired) electrons. The maximum atomic E-state index is 13.0. The van der Waals surface area contributed by atoms with Crippen LogP contribution in [0.15, 0.2) is 70.9 Å². The predicted octanol–water partition coefficient (Wildman–Crippen LogP) is 4.18. The first-order valence-corrected chi connectivity index (χ1v) is 11.2. The van der Waals surface area contributed by atoms with E-state index in [0.29, 0.717) is 29.1 Å². The molecule has 0 saturated heterocycles. The van der Waals surface area contributed by atoms with Gasteiger partial charge in [0.25, 0.3) is 5.56 Å². The molecule has 0 saturated carbocycles. The Morgan fingerprint density at radius 2 is 1.93 bits per heavy atom. The van der Waals surface area contributed by atoms with E-state index in [4.69, 9.17) is 17.3 Å². The van der Waals surface area contributed by atoms with Gasteiger partial charge in [0.2, 0.25) is 10.5 Å². The normalized spacial score (nSPS) is 11.6. The van der Waals surface area contributed by atoms with Crippen molar-refractivity contribution in [2.75, 3.05) is 13.3 Å². The van der Waals surface area contributed by atoms with Crippen LogP contribution in [0, 0.1) is 4.77 Å². The van der Waals surface area contributed by atoms with Crippen molar-refractivity contribution in [2.24, 2.45) is 0 Å². The highest BCUT2D eigenvalue weighted by Crippen LogP contribution is 2.17. The molecular formula is C22H23N5OS2. The minimum Gasteiger partial charge on any atom is -0.283 e. The molecule has 0 fully saturated rings. The lowest BCUT2D eigenvalue weighted by Gasteiger charge is -2.16. The molecule has 0 amide bonds. The van der Waals surface area contributed by atoms with E-state index < -0.39 is 0 Å². The molecule has 0 unspecified atom stereocenters. The van der Waals surface area contributed by atoms with Gasteiger partial charge < -0.3 is 0 Å². The number of hydrogen-bond donors (Lipinski definition) is 0. The lowest BCUT2D eigenvalue weighted by molar-refractivity contribution is 0.244. The van der Waals surface area contributed by atoms with Crippen molar-refractivity contribution in [1.82, 2.24) is 23.6 Å². The van der Waals surface area contributed by atoms with Gasteiger partial charge in [0.05, 0.1) is 17.6 Å². The standard InChI is InChI=1S/C22H23N5OS2/c1-4-13-25-20(28)18-7-5-6-8-19(18)27-21(25)23-26(22(27)29)15-24(2)14-16-9-11-17(30-3)12-10-16/h4-12H,1,13-15H2,2-3H3. The third kappa shape index (κ3) is 3.74. The van der Waals surface area contributed by atoms with Crippen LogP contribution in [-0.4, -0.2) is 37.0 Å². The van der Waals surface area contributed by atoms with E-state index in [9.17, 15) is 4.79 Å². The van der Waals surface area contributed by atoms with Crippen LogP contribution in [0.2, 0.25) is 0 Å². The zero-order valence-electron chi connectivity index (χ0n) is 17.0. The third-order valence-corrected chi connectivity index (χ3v) is 6.12. The molecule has 6 nitrogen and oxygen atoms in total. The second-order valence-electron chi connectivity index (χ2n) is 7.14. The van der Waals surface area contributed by atoms with Crippen LogP contribution in [-0.2, 0) is 19.8 Å². The molecule has 0 aliphatic heterocycles. The van der Waals surface area contributed by atoms with Gasteiger partial charge in [0.15, 0.2) is 0 Å². The van der Waals surface area contributed by atoms with Crippen LogP contribution in [0.1, 0.15) is 5.56 Å². The summed E-state index contributed by atoms with van der Waals surface area (Å²) in [6.07, 6.45) is 3.77. The highest BCUT2D eigenvalue weighted by molar-refractivity contribution is 7.98. The van der Waals surface area contributed by atoms with Gasteiger partial charge in [0, 0.05) is 18.0 Å². The van der Waals surface area contributed by atoms with Gasteiger partial charge >= 0.3 is 0 Å². The van der Waals surface area contributed by atoms with Crippen LogP contribution in [0.4, 0.5) is 0 Å². The fraction of sp³-hybridized carbons (Fsp3) is 0.227. The molecule has 0 aliphatic carbocycles. The van der Waals surface area contributed by atoms with Crippen molar-refractivity contribution >= 4 is 40.7 Å². The second-order valence-corrected chi connectivity index (χ2v) is 8.39. The number of nitrogens with zero attached hydrogens (tertiary/aromatic N) is 5. The zero-order valence-corrected chi connectivity index (χ0v) is 18.6. The van der Waals surface area contributed by atoms with Crippen molar-refractivity contribution in [1.29, 1.82) is 0 Å². The van der Waals surface area contributed by atoms with E-state index in [-0.39, 0.29) is 5.56 Å². The molecule has 30 heavy (non-hydrogen) atoms. The zero-order chi connectivity index (χ0) is 21.3. The Morgan fingerprint density at radius 1 is 1.20 bits per heavy atom. The molecule has 2 aromatic heterocycles. The molecule has 0 N–H and O–H groups in total. The first-order valence-electron chi connectivity index (χ1n) is 9.57. The summed E-state index contributed by atoms with van der Waals surface area (Å²) >= 11 is 7.48. The molecule has 0 spiro atoms. The van der Waals surface area contributed by atoms with Crippen molar-refractivity contribution in [3.8, 4) is 0 Å². The monoisotopic (exact) mass is 437 g/mol. The summed E-state index contributed by atoms with van der Waals surface area (Å²) in [5, 5.41) is 5.31. The van der Waals surface area contributed by atoms with Crippen LogP contribution in [0.25, 0.3) is 16.7 Å². The van der Waals surface area contributed by atoms with E-state index in [1.807, 2.05) is 35.7 Å². The van der Waals surface area contributed by atoms with Gasteiger partial charge in [-0.2, -0.15) is 0 Å². The predicted molar refractivity (Wildman–Crippen MR) is 126 cm³/mol. The first-order chi connectivity index (χ1) is 14.5. The van der Waals surface area contributed by atoms with E-state index in [0.717, 1.165) is 12.1 Å². The van der Waals surface area contributed by atoms with Crippen LogP contribution >= 0.6 is 24.0 Å². The number of rotatable bonds is 7. The lowest BCUT2D eigenvalue weighted by atomic mass is 10.2. The Balaban J connectivity index is 1.74. The first kappa shape index (κ1) is 20.6. The van der Waals surface area contributed by atoms with Crippen molar-refractivity contribution in [2.45, 2.75) is 24.7 Å². The Labute approximate surface area is 184 Å². The van der Waals surface area contributed by atoms with Gasteiger partial charge in [-0.15, -0.1) is 23.4 Å². The highest BCUT2D eigenvalue weighted by Gasteiger charge is 2.15. The molecule has 0 aliphatic rings. The fourth-order valence-corrected chi connectivity index (χ4v) is 4.26. The SMILES string of the molecule is C=CCn1c(=O)c2ccccc2n2c(=S)n(CN(C)Cc3ccc(SC)cc3)nc12. The van der Waals surface area contributed by atoms with E-state index in [1.165, 1.54) is 10.5 Å². The van der Waals surface area contributed by atoms with Gasteiger partial charge in [0.1, 0.15) is 0 Å². The summed E-state index contributed by atoms with van der Waals surface area (Å²) < 4.78 is 5.81. The van der Waals surface area contributed by atoms with E-state index in [1.54, 1.807) is 27.1 Å². The molecule has 4 aromatic rings. The Bertz CT molecular complexity index is 1330. The molecule has 154 valence electrons. The van der Waals surface area contributed by atoms with E-state index in [2.05, 4.69) is 42.0 Å². The van der Waals surface area contributed by atoms with Crippen LogP contribution in [0.5, 0.6) is 0 Å². The average molecular weight is 438 g/mol.